The minimum atomic E-state index is -0.850. The van der Waals surface area contributed by atoms with Gasteiger partial charge in [-0.1, -0.05) is 36.3 Å². The van der Waals surface area contributed by atoms with Gasteiger partial charge < -0.3 is 21.7 Å². The Morgan fingerprint density at radius 3 is 2.61 bits per heavy atom. The Balaban J connectivity index is 1.73. The molecule has 0 spiro atoms. The van der Waals surface area contributed by atoms with Gasteiger partial charge in [-0.2, -0.15) is 0 Å². The lowest BCUT2D eigenvalue weighted by Gasteiger charge is -2.29. The largest absolute Gasteiger partial charge is 0.404 e. The lowest BCUT2D eigenvalue weighted by molar-refractivity contribution is -0.472. The maximum absolute atomic E-state index is 13.6. The number of rotatable bonds is 9. The molecule has 1 aromatic rings. The van der Waals surface area contributed by atoms with E-state index >= 15 is 0 Å². The van der Waals surface area contributed by atoms with Crippen LogP contribution in [0.4, 0.5) is 0 Å². The molecule has 1 aromatic carbocycles. The first-order valence-corrected chi connectivity index (χ1v) is 11.3. The number of amides is 3. The average Bonchev–Trinajstić information content (AvgIpc) is 3.44. The van der Waals surface area contributed by atoms with Gasteiger partial charge in [0.1, 0.15) is 6.04 Å². The summed E-state index contributed by atoms with van der Waals surface area (Å²) in [5.74, 6) is 1.17. The second kappa shape index (κ2) is 10.5. The van der Waals surface area contributed by atoms with E-state index in [9.17, 15) is 14.4 Å². The molecule has 1 heterocycles. The second-order valence-electron chi connectivity index (χ2n) is 8.37. The first-order valence-electron chi connectivity index (χ1n) is 10.9. The summed E-state index contributed by atoms with van der Waals surface area (Å²) in [4.78, 5) is 42.3. The number of primary amides is 1. The third-order valence-electron chi connectivity index (χ3n) is 6.11. The predicted molar refractivity (Wildman–Crippen MR) is 125 cm³/mol. The van der Waals surface area contributed by atoms with E-state index < -0.39 is 29.3 Å². The molecule has 33 heavy (non-hydrogen) atoms. The van der Waals surface area contributed by atoms with Crippen LogP contribution in [0.2, 0.25) is 0 Å². The maximum atomic E-state index is 13.6. The predicted octanol–water partition coefficient (Wildman–Crippen LogP) is -0.488. The van der Waals surface area contributed by atoms with Crippen molar-refractivity contribution in [3.05, 3.63) is 47.7 Å². The van der Waals surface area contributed by atoms with Crippen molar-refractivity contribution in [1.82, 2.24) is 10.2 Å². The number of benzene rings is 1. The highest BCUT2D eigenvalue weighted by atomic mass is 35.5. The van der Waals surface area contributed by atoms with Crippen molar-refractivity contribution < 1.29 is 19.4 Å². The Kier molecular flexibility index (Phi) is 7.77. The third kappa shape index (κ3) is 5.55. The van der Waals surface area contributed by atoms with Crippen LogP contribution in [0, 0.1) is 17.8 Å². The van der Waals surface area contributed by atoms with Gasteiger partial charge in [-0.25, -0.2) is 4.99 Å². The number of halogens is 1. The third-order valence-corrected chi connectivity index (χ3v) is 6.45. The molecule has 2 aliphatic rings. The summed E-state index contributed by atoms with van der Waals surface area (Å²) in [6, 6.07) is 8.25. The molecule has 1 aliphatic carbocycles. The zero-order valence-electron chi connectivity index (χ0n) is 18.4. The van der Waals surface area contributed by atoms with Crippen LogP contribution in [-0.2, 0) is 20.9 Å². The summed E-state index contributed by atoms with van der Waals surface area (Å²) in [6.45, 7) is 0.936. The molecule has 2 fully saturated rings. The van der Waals surface area contributed by atoms with Gasteiger partial charge in [-0.3, -0.25) is 14.4 Å². The van der Waals surface area contributed by atoms with Gasteiger partial charge in [-0.15, -0.1) is 6.42 Å². The van der Waals surface area contributed by atoms with E-state index in [0.29, 0.717) is 49.5 Å². The Hall–Kier alpha value is -3.31. The molecule has 0 unspecified atom stereocenters. The number of carbonyl (C=O) groups is 3. The van der Waals surface area contributed by atoms with Crippen LogP contribution in [0.15, 0.2) is 42.1 Å². The fourth-order valence-corrected chi connectivity index (χ4v) is 4.53. The molecule has 2 atom stereocenters. The number of hydrogen-bond acceptors (Lipinski definition) is 4. The highest BCUT2D eigenvalue weighted by molar-refractivity contribution is 6.68. The van der Waals surface area contributed by atoms with E-state index in [1.54, 1.807) is 4.90 Å². The van der Waals surface area contributed by atoms with Crippen molar-refractivity contribution in [2.24, 2.45) is 16.9 Å². The van der Waals surface area contributed by atoms with E-state index in [0.717, 1.165) is 5.56 Å². The first-order chi connectivity index (χ1) is 15.8. The summed E-state index contributed by atoms with van der Waals surface area (Å²) >= 11 is 6.55. The lowest BCUT2D eigenvalue weighted by Crippen LogP contribution is -2.71. The van der Waals surface area contributed by atoms with Crippen molar-refractivity contribution in [2.45, 2.75) is 50.7 Å². The van der Waals surface area contributed by atoms with Crippen LogP contribution >= 0.6 is 11.6 Å². The SMILES string of the molecule is C#C[C@H](CC(N)=O)NC(=O)[C@@H]1CCCN1C(=O)C1(/C(=C/N)C(Cl)=[NH+]Cc2ccccc2)CC1. The number of terminal acetylenes is 1. The fourth-order valence-electron chi connectivity index (χ4n) is 4.21. The molecule has 1 aliphatic heterocycles. The zero-order chi connectivity index (χ0) is 24.0. The van der Waals surface area contributed by atoms with Crippen molar-refractivity contribution in [3.63, 3.8) is 0 Å². The fraction of sp³-hybridized carbons (Fsp3) is 0.417. The summed E-state index contributed by atoms with van der Waals surface area (Å²) in [7, 11) is 0. The molecule has 8 nitrogen and oxygen atoms in total. The van der Waals surface area contributed by atoms with Crippen LogP contribution in [0.25, 0.3) is 0 Å². The molecule has 9 heteroatoms. The van der Waals surface area contributed by atoms with Gasteiger partial charge in [-0.05, 0) is 37.3 Å². The Morgan fingerprint density at radius 1 is 1.33 bits per heavy atom. The highest BCUT2D eigenvalue weighted by Crippen LogP contribution is 2.54. The summed E-state index contributed by atoms with van der Waals surface area (Å²) in [5.41, 5.74) is 11.8. The van der Waals surface area contributed by atoms with Gasteiger partial charge in [0.05, 0.1) is 23.5 Å². The summed E-state index contributed by atoms with van der Waals surface area (Å²) in [6.07, 6.45) is 8.99. The average molecular weight is 471 g/mol. The van der Waals surface area contributed by atoms with E-state index in [4.69, 9.17) is 29.5 Å². The summed E-state index contributed by atoms with van der Waals surface area (Å²) < 4.78 is 0. The molecule has 1 saturated heterocycles. The smallest absolute Gasteiger partial charge is 0.274 e. The molecular weight excluding hydrogens is 442 g/mol. The normalized spacial score (nSPS) is 20.6. The van der Waals surface area contributed by atoms with Crippen LogP contribution < -0.4 is 21.8 Å². The summed E-state index contributed by atoms with van der Waals surface area (Å²) in [5, 5.41) is 2.97. The molecule has 6 N–H and O–H groups in total. The number of nitrogens with two attached hydrogens (primary N) is 2. The van der Waals surface area contributed by atoms with E-state index in [1.165, 1.54) is 6.20 Å². The standard InChI is InChI=1S/C24H28ClN5O3/c1-2-17(13-20(27)31)29-22(32)19-9-6-12-30(19)23(33)24(10-11-24)18(14-26)21(25)28-15-16-7-4-3-5-8-16/h1,3-5,7-8,14,17,19H,6,9-13,15,26H2,(H2,27,31)(H,29,32)/p+1/b18-14+,28-21?/t17-,19+/m1/s1. The Labute approximate surface area is 198 Å². The van der Waals surface area contributed by atoms with Crippen molar-refractivity contribution in [3.8, 4) is 12.3 Å². The highest BCUT2D eigenvalue weighted by Gasteiger charge is 2.58. The molecule has 1 saturated carbocycles. The van der Waals surface area contributed by atoms with Gasteiger partial charge in [0.2, 0.25) is 17.7 Å². The number of likely N-dealkylation sites (tertiary alicyclic amines) is 1. The molecule has 0 radical (unpaired) electrons. The van der Waals surface area contributed by atoms with Crippen LogP contribution in [0.5, 0.6) is 0 Å². The first kappa shape index (κ1) is 24.3. The Bertz CT molecular complexity index is 1010. The minimum absolute atomic E-state index is 0.162. The molecular formula is C24H29ClN5O3+. The number of carbonyl (C=O) groups excluding carboxylic acids is 3. The van der Waals surface area contributed by atoms with Crippen molar-refractivity contribution >= 4 is 34.5 Å². The topological polar surface area (TPSA) is 132 Å². The molecule has 174 valence electrons. The molecule has 3 rings (SSSR count). The monoisotopic (exact) mass is 470 g/mol. The van der Waals surface area contributed by atoms with Crippen molar-refractivity contribution in [1.29, 1.82) is 0 Å². The van der Waals surface area contributed by atoms with Gasteiger partial charge in [0.25, 0.3) is 5.17 Å². The maximum Gasteiger partial charge on any atom is 0.274 e. The van der Waals surface area contributed by atoms with Gasteiger partial charge >= 0.3 is 0 Å². The van der Waals surface area contributed by atoms with Crippen LogP contribution in [0.3, 0.4) is 0 Å². The van der Waals surface area contributed by atoms with Crippen LogP contribution in [0.1, 0.15) is 37.7 Å². The van der Waals surface area contributed by atoms with E-state index in [2.05, 4.69) is 16.2 Å². The molecule has 0 aromatic heterocycles. The lowest BCUT2D eigenvalue weighted by atomic mass is 9.94. The number of hydrogen-bond donors (Lipinski definition) is 4. The second-order valence-corrected chi connectivity index (χ2v) is 8.75. The number of nitrogens with zero attached hydrogens (tertiary/aromatic N) is 1. The number of nitrogens with one attached hydrogen (secondary N) is 2. The molecule has 0 bridgehead atoms. The van der Waals surface area contributed by atoms with Crippen LogP contribution in [-0.4, -0.2) is 46.4 Å². The van der Waals surface area contributed by atoms with E-state index in [1.807, 2.05) is 30.3 Å². The Morgan fingerprint density at radius 2 is 2.03 bits per heavy atom. The minimum Gasteiger partial charge on any atom is -0.404 e. The van der Waals surface area contributed by atoms with Gasteiger partial charge in [0.15, 0.2) is 6.54 Å². The zero-order valence-corrected chi connectivity index (χ0v) is 19.1. The van der Waals surface area contributed by atoms with Gasteiger partial charge in [0, 0.05) is 18.3 Å². The quantitative estimate of drug-likeness (QED) is 0.286. The van der Waals surface area contributed by atoms with Crippen molar-refractivity contribution in [2.75, 3.05) is 6.54 Å². The van der Waals surface area contributed by atoms with E-state index in [-0.39, 0.29) is 12.3 Å². The molecule has 3 amide bonds.